The Labute approximate surface area is 425 Å². The first-order chi connectivity index (χ1) is 34.0. The molecular weight excluding hydrogens is 853 g/mol. The van der Waals surface area contributed by atoms with E-state index < -0.39 is 6.10 Å². The zero-order valence-corrected chi connectivity index (χ0v) is 44.8. The molecule has 0 rings (SSSR count). The molecule has 6 heteroatoms. The fourth-order valence-electron chi connectivity index (χ4n) is 7.53. The zero-order chi connectivity index (χ0) is 50.0. The standard InChI is InChI=1S/C63H104O6/c1-4-7-10-13-16-19-22-25-28-30-31-33-36-38-41-44-47-50-53-56-62(65)68-59-60(69-63(66)57-54-51-48-45-42-39-34-27-24-21-18-15-12-9-6-3)58-67-61(64)55-52-49-46-43-40-37-35-32-29-26-23-20-17-14-11-8-5-2/h7,10,16,18-19,21,25,27-28,31,33-34,38,41-42,45,47,50,60H,4-6,8-9,11-15,17,20,22-24,26,29-30,32,35-37,39-40,43-44,46,48-49,51-59H2,1-3H3/b10-7-,19-16-,21-18-,28-25-,33-31-,34-27-,41-38-,45-42-,50-47-/t60-/m0/s1. The molecule has 0 fully saturated rings. The number of carbonyl (C=O) groups is 3. The third-order valence-corrected chi connectivity index (χ3v) is 11.8. The van der Waals surface area contributed by atoms with Crippen molar-refractivity contribution in [1.82, 2.24) is 0 Å². The lowest BCUT2D eigenvalue weighted by atomic mass is 10.0. The normalized spacial score (nSPS) is 12.9. The molecule has 0 aromatic rings. The minimum absolute atomic E-state index is 0.116. The molecule has 0 bridgehead atoms. The summed E-state index contributed by atoms with van der Waals surface area (Å²) in [6.07, 6.45) is 76.6. The van der Waals surface area contributed by atoms with Gasteiger partial charge in [-0.1, -0.05) is 246 Å². The number of hydrogen-bond donors (Lipinski definition) is 0. The molecule has 0 aliphatic rings. The number of allylic oxidation sites excluding steroid dienone is 18. The van der Waals surface area contributed by atoms with Gasteiger partial charge in [0, 0.05) is 19.3 Å². The summed E-state index contributed by atoms with van der Waals surface area (Å²) < 4.78 is 16.8. The van der Waals surface area contributed by atoms with Gasteiger partial charge in [0.25, 0.3) is 0 Å². The molecule has 0 unspecified atom stereocenters. The van der Waals surface area contributed by atoms with Crippen LogP contribution in [0, 0.1) is 0 Å². The highest BCUT2D eigenvalue weighted by molar-refractivity contribution is 5.71. The molecule has 392 valence electrons. The van der Waals surface area contributed by atoms with Crippen LogP contribution in [0.3, 0.4) is 0 Å². The first-order valence-corrected chi connectivity index (χ1v) is 28.4. The number of unbranched alkanes of at least 4 members (excludes halogenated alkanes) is 21. The highest BCUT2D eigenvalue weighted by Crippen LogP contribution is 2.15. The van der Waals surface area contributed by atoms with Crippen molar-refractivity contribution in [2.75, 3.05) is 13.2 Å². The lowest BCUT2D eigenvalue weighted by molar-refractivity contribution is -0.166. The van der Waals surface area contributed by atoms with Crippen molar-refractivity contribution < 1.29 is 28.6 Å². The smallest absolute Gasteiger partial charge is 0.306 e. The molecule has 0 aromatic carbocycles. The Balaban J connectivity index is 4.54. The third kappa shape index (κ3) is 54.9. The largest absolute Gasteiger partial charge is 0.462 e. The Morgan fingerprint density at radius 3 is 1.00 bits per heavy atom. The van der Waals surface area contributed by atoms with E-state index in [9.17, 15) is 14.4 Å². The van der Waals surface area contributed by atoms with Crippen LogP contribution in [-0.4, -0.2) is 37.2 Å². The SMILES string of the molecule is CC/C=C\C/C=C\C/C=C\C/C=C\C/C=C\C/C=C\CCC(=O)OC[C@H](COC(=O)CCCCCCCCCCCCCCCCCCC)OC(=O)CCCC/C=C\C/C=C\C/C=C\CCCCC. The highest BCUT2D eigenvalue weighted by atomic mass is 16.6. The van der Waals surface area contributed by atoms with Crippen molar-refractivity contribution in [2.24, 2.45) is 0 Å². The van der Waals surface area contributed by atoms with Crippen LogP contribution in [0.25, 0.3) is 0 Å². The lowest BCUT2D eigenvalue weighted by Gasteiger charge is -2.18. The maximum atomic E-state index is 12.8. The molecule has 0 radical (unpaired) electrons. The van der Waals surface area contributed by atoms with Crippen molar-refractivity contribution in [3.8, 4) is 0 Å². The molecule has 0 aliphatic heterocycles. The summed E-state index contributed by atoms with van der Waals surface area (Å²) in [6, 6.07) is 0. The van der Waals surface area contributed by atoms with Gasteiger partial charge >= 0.3 is 17.9 Å². The summed E-state index contributed by atoms with van der Waals surface area (Å²) in [6.45, 7) is 6.41. The average Bonchev–Trinajstić information content (AvgIpc) is 3.35. The van der Waals surface area contributed by atoms with Crippen LogP contribution in [0.1, 0.15) is 252 Å². The summed E-state index contributed by atoms with van der Waals surface area (Å²) in [5, 5.41) is 0. The van der Waals surface area contributed by atoms with Gasteiger partial charge in [-0.05, 0) is 96.3 Å². The van der Waals surface area contributed by atoms with Gasteiger partial charge < -0.3 is 14.2 Å². The number of rotatable bonds is 50. The Morgan fingerprint density at radius 1 is 0.304 bits per heavy atom. The van der Waals surface area contributed by atoms with Crippen LogP contribution in [-0.2, 0) is 28.6 Å². The quantitative estimate of drug-likeness (QED) is 0.0262. The predicted octanol–water partition coefficient (Wildman–Crippen LogP) is 19.1. The van der Waals surface area contributed by atoms with Gasteiger partial charge in [-0.15, -0.1) is 0 Å². The summed E-state index contributed by atoms with van der Waals surface area (Å²) in [5.74, 6) is -1.04. The first-order valence-electron chi connectivity index (χ1n) is 28.4. The van der Waals surface area contributed by atoms with E-state index in [0.717, 1.165) is 83.5 Å². The van der Waals surface area contributed by atoms with Gasteiger partial charge in [0.05, 0.1) is 0 Å². The topological polar surface area (TPSA) is 78.9 Å². The molecule has 0 spiro atoms. The van der Waals surface area contributed by atoms with Crippen molar-refractivity contribution in [3.05, 3.63) is 109 Å². The molecule has 0 saturated heterocycles. The van der Waals surface area contributed by atoms with E-state index in [4.69, 9.17) is 14.2 Å². The van der Waals surface area contributed by atoms with E-state index in [0.29, 0.717) is 19.3 Å². The predicted molar refractivity (Wildman–Crippen MR) is 297 cm³/mol. The van der Waals surface area contributed by atoms with Gasteiger partial charge in [-0.2, -0.15) is 0 Å². The Bertz CT molecular complexity index is 1420. The van der Waals surface area contributed by atoms with E-state index in [1.165, 1.54) is 116 Å². The van der Waals surface area contributed by atoms with Crippen LogP contribution in [0.5, 0.6) is 0 Å². The minimum Gasteiger partial charge on any atom is -0.462 e. The minimum atomic E-state index is -0.829. The molecule has 0 saturated carbocycles. The zero-order valence-electron chi connectivity index (χ0n) is 44.8. The van der Waals surface area contributed by atoms with Crippen LogP contribution in [0.2, 0.25) is 0 Å². The van der Waals surface area contributed by atoms with Gasteiger partial charge in [0.15, 0.2) is 6.10 Å². The van der Waals surface area contributed by atoms with E-state index in [1.54, 1.807) is 0 Å². The van der Waals surface area contributed by atoms with Crippen molar-refractivity contribution >= 4 is 17.9 Å². The van der Waals surface area contributed by atoms with E-state index in [-0.39, 0.29) is 44.0 Å². The second-order valence-corrected chi connectivity index (χ2v) is 18.5. The second-order valence-electron chi connectivity index (χ2n) is 18.5. The van der Waals surface area contributed by atoms with Crippen molar-refractivity contribution in [1.29, 1.82) is 0 Å². The van der Waals surface area contributed by atoms with Crippen LogP contribution < -0.4 is 0 Å². The Hall–Kier alpha value is -3.93. The molecule has 0 amide bonds. The monoisotopic (exact) mass is 957 g/mol. The molecular formula is C63H104O6. The molecule has 6 nitrogen and oxygen atoms in total. The molecule has 0 aliphatic carbocycles. The Morgan fingerprint density at radius 2 is 0.594 bits per heavy atom. The summed E-state index contributed by atoms with van der Waals surface area (Å²) in [7, 11) is 0. The van der Waals surface area contributed by atoms with Gasteiger partial charge in [0.1, 0.15) is 13.2 Å². The van der Waals surface area contributed by atoms with Crippen molar-refractivity contribution in [2.45, 2.75) is 258 Å². The maximum absolute atomic E-state index is 12.8. The molecule has 0 N–H and O–H groups in total. The Kier molecular flexibility index (Phi) is 53.4. The van der Waals surface area contributed by atoms with Gasteiger partial charge in [-0.3, -0.25) is 14.4 Å². The maximum Gasteiger partial charge on any atom is 0.306 e. The van der Waals surface area contributed by atoms with Crippen LogP contribution >= 0.6 is 0 Å². The fourth-order valence-corrected chi connectivity index (χ4v) is 7.53. The lowest BCUT2D eigenvalue weighted by Crippen LogP contribution is -2.30. The van der Waals surface area contributed by atoms with Crippen LogP contribution in [0.4, 0.5) is 0 Å². The molecule has 69 heavy (non-hydrogen) atoms. The number of hydrogen-bond acceptors (Lipinski definition) is 6. The molecule has 0 heterocycles. The van der Waals surface area contributed by atoms with Gasteiger partial charge in [0.2, 0.25) is 0 Å². The summed E-state index contributed by atoms with van der Waals surface area (Å²) >= 11 is 0. The molecule has 1 atom stereocenters. The second kappa shape index (κ2) is 56.7. The van der Waals surface area contributed by atoms with Crippen molar-refractivity contribution in [3.63, 3.8) is 0 Å². The number of ether oxygens (including phenoxy) is 3. The van der Waals surface area contributed by atoms with E-state index in [2.05, 4.69) is 124 Å². The summed E-state index contributed by atoms with van der Waals surface area (Å²) in [5.41, 5.74) is 0. The highest BCUT2D eigenvalue weighted by Gasteiger charge is 2.19. The summed E-state index contributed by atoms with van der Waals surface area (Å²) in [4.78, 5) is 38.1. The van der Waals surface area contributed by atoms with Crippen LogP contribution in [0.15, 0.2) is 109 Å². The molecule has 0 aromatic heterocycles. The van der Waals surface area contributed by atoms with E-state index in [1.807, 2.05) is 6.08 Å². The third-order valence-electron chi connectivity index (χ3n) is 11.8. The number of esters is 3. The van der Waals surface area contributed by atoms with E-state index >= 15 is 0 Å². The van der Waals surface area contributed by atoms with Gasteiger partial charge in [-0.25, -0.2) is 0 Å². The first kappa shape index (κ1) is 65.1. The fraction of sp³-hybridized carbons (Fsp3) is 0.667. The average molecular weight is 958 g/mol. The number of carbonyl (C=O) groups excluding carboxylic acids is 3.